The molecule has 0 aliphatic carbocycles. The lowest BCUT2D eigenvalue weighted by Crippen LogP contribution is -2.47. The normalized spacial score (nSPS) is 16.4. The Balaban J connectivity index is 2.09. The molecule has 0 saturated heterocycles. The van der Waals surface area contributed by atoms with Gasteiger partial charge in [-0.2, -0.15) is 0 Å². The van der Waals surface area contributed by atoms with Crippen LogP contribution in [0.4, 0.5) is 9.18 Å². The van der Waals surface area contributed by atoms with Crippen LogP contribution in [0.3, 0.4) is 0 Å². The molecule has 0 unspecified atom stereocenters. The molecular weight excluding hydrogens is 447 g/mol. The van der Waals surface area contributed by atoms with Crippen molar-refractivity contribution < 1.29 is 27.1 Å². The Hall–Kier alpha value is -3.20. The summed E-state index contributed by atoms with van der Waals surface area (Å²) in [5.41, 5.74) is 1.81. The highest BCUT2D eigenvalue weighted by Crippen LogP contribution is 2.30. The molecule has 2 aromatic carbocycles. The minimum atomic E-state index is -4.00. The Kier molecular flexibility index (Phi) is 7.22. The van der Waals surface area contributed by atoms with Gasteiger partial charge in [0.1, 0.15) is 5.82 Å². The number of esters is 1. The summed E-state index contributed by atoms with van der Waals surface area (Å²) < 4.78 is 45.0. The number of benzene rings is 2. The molecule has 0 aromatic heterocycles. The molecular formula is C24H27FN2O5S. The summed E-state index contributed by atoms with van der Waals surface area (Å²) >= 11 is 0. The van der Waals surface area contributed by atoms with Crippen LogP contribution in [-0.2, 0) is 19.4 Å². The second-order valence-electron chi connectivity index (χ2n) is 8.14. The van der Waals surface area contributed by atoms with Crippen molar-refractivity contribution in [2.75, 3.05) is 12.4 Å². The van der Waals surface area contributed by atoms with Crippen molar-refractivity contribution in [3.8, 4) is 0 Å². The van der Waals surface area contributed by atoms with E-state index in [1.165, 1.54) is 13.0 Å². The summed E-state index contributed by atoms with van der Waals surface area (Å²) in [6.07, 6.45) is 0. The molecule has 1 aliphatic rings. The predicted octanol–water partition coefficient (Wildman–Crippen LogP) is 3.90. The van der Waals surface area contributed by atoms with E-state index in [-0.39, 0.29) is 28.3 Å². The van der Waals surface area contributed by atoms with E-state index in [4.69, 9.17) is 4.74 Å². The summed E-state index contributed by atoms with van der Waals surface area (Å²) in [4.78, 5) is 25.2. The van der Waals surface area contributed by atoms with E-state index >= 15 is 0 Å². The molecule has 0 spiro atoms. The van der Waals surface area contributed by atoms with Crippen molar-refractivity contribution in [1.82, 2.24) is 10.6 Å². The topological polar surface area (TPSA) is 102 Å². The summed E-state index contributed by atoms with van der Waals surface area (Å²) in [6, 6.07) is 9.31. The van der Waals surface area contributed by atoms with Gasteiger partial charge in [0.15, 0.2) is 9.84 Å². The molecule has 1 heterocycles. The largest absolute Gasteiger partial charge is 0.463 e. The molecule has 9 heteroatoms. The maximum Gasteiger partial charge on any atom is 0.338 e. The van der Waals surface area contributed by atoms with Crippen LogP contribution in [0.2, 0.25) is 0 Å². The molecule has 7 nitrogen and oxygen atoms in total. The van der Waals surface area contributed by atoms with Crippen LogP contribution >= 0.6 is 0 Å². The summed E-state index contributed by atoms with van der Waals surface area (Å²) in [7, 11) is -4.00. The summed E-state index contributed by atoms with van der Waals surface area (Å²) in [6.45, 7) is 7.27. The Morgan fingerprint density at radius 3 is 2.39 bits per heavy atom. The van der Waals surface area contributed by atoms with Gasteiger partial charge in [-0.05, 0) is 54.7 Å². The number of hydrogen-bond donors (Lipinski definition) is 2. The number of ether oxygens (including phenoxy) is 1. The lowest BCUT2D eigenvalue weighted by atomic mass is 9.93. The smallest absolute Gasteiger partial charge is 0.338 e. The summed E-state index contributed by atoms with van der Waals surface area (Å²) in [5.74, 6) is -1.62. The molecule has 0 radical (unpaired) electrons. The van der Waals surface area contributed by atoms with Crippen LogP contribution in [0, 0.1) is 12.7 Å². The lowest BCUT2D eigenvalue weighted by Gasteiger charge is -2.29. The van der Waals surface area contributed by atoms with E-state index in [1.807, 2.05) is 26.0 Å². The maximum absolute atomic E-state index is 13.6. The lowest BCUT2D eigenvalue weighted by molar-refractivity contribution is -0.139. The fourth-order valence-corrected chi connectivity index (χ4v) is 5.00. The molecule has 0 fully saturated rings. The molecule has 3 rings (SSSR count). The van der Waals surface area contributed by atoms with Crippen molar-refractivity contribution in [1.29, 1.82) is 0 Å². The van der Waals surface area contributed by atoms with E-state index in [0.29, 0.717) is 11.5 Å². The zero-order valence-electron chi connectivity index (χ0n) is 18.9. The molecule has 1 atom stereocenters. The standard InChI is InChI=1S/C24H27FN2O5S/c1-5-32-23(28)21-20(13-33(30,31)18-10-11-19(25)15(4)12-18)26-24(29)27-22(21)17-8-6-16(7-9-17)14(2)3/h6-12,14,22H,5,13H2,1-4H3,(H2,26,27,29)/t22-/m1/s1. The van der Waals surface area contributed by atoms with Gasteiger partial charge >= 0.3 is 12.0 Å². The van der Waals surface area contributed by atoms with Gasteiger partial charge < -0.3 is 15.4 Å². The monoisotopic (exact) mass is 474 g/mol. The molecule has 0 bridgehead atoms. The molecule has 0 saturated carbocycles. The SMILES string of the molecule is CCOC(=O)C1=C(CS(=O)(=O)c2ccc(F)c(C)c2)NC(=O)N[C@@H]1c1ccc(C(C)C)cc1. The van der Waals surface area contributed by atoms with Gasteiger partial charge in [0.25, 0.3) is 0 Å². The third kappa shape index (κ3) is 5.42. The van der Waals surface area contributed by atoms with Crippen molar-refractivity contribution in [3.63, 3.8) is 0 Å². The third-order valence-corrected chi connectivity index (χ3v) is 7.05. The third-order valence-electron chi connectivity index (χ3n) is 5.41. The number of carbonyl (C=O) groups is 2. The first-order chi connectivity index (χ1) is 15.5. The van der Waals surface area contributed by atoms with Crippen LogP contribution < -0.4 is 10.6 Å². The van der Waals surface area contributed by atoms with E-state index in [9.17, 15) is 22.4 Å². The second kappa shape index (κ2) is 9.74. The molecule has 2 amide bonds. The number of halogens is 1. The molecule has 1 aliphatic heterocycles. The number of hydrogen-bond acceptors (Lipinski definition) is 5. The number of aryl methyl sites for hydroxylation is 1. The first-order valence-corrected chi connectivity index (χ1v) is 12.2. The molecule has 33 heavy (non-hydrogen) atoms. The van der Waals surface area contributed by atoms with Gasteiger partial charge in [0, 0.05) is 5.70 Å². The van der Waals surface area contributed by atoms with Crippen molar-refractivity contribution in [2.45, 2.75) is 44.6 Å². The first kappa shape index (κ1) is 24.4. The van der Waals surface area contributed by atoms with Crippen molar-refractivity contribution in [2.24, 2.45) is 0 Å². The number of nitrogens with one attached hydrogen (secondary N) is 2. The minimum Gasteiger partial charge on any atom is -0.463 e. The molecule has 176 valence electrons. The Morgan fingerprint density at radius 1 is 1.15 bits per heavy atom. The highest BCUT2D eigenvalue weighted by molar-refractivity contribution is 7.91. The van der Waals surface area contributed by atoms with Crippen molar-refractivity contribution >= 4 is 21.8 Å². The highest BCUT2D eigenvalue weighted by Gasteiger charge is 2.35. The number of urea groups is 1. The Bertz CT molecular complexity index is 1200. The van der Waals surface area contributed by atoms with Crippen LogP contribution in [0.25, 0.3) is 0 Å². The van der Waals surface area contributed by atoms with Gasteiger partial charge in [0.05, 0.1) is 28.9 Å². The van der Waals surface area contributed by atoms with Gasteiger partial charge in [-0.15, -0.1) is 0 Å². The zero-order chi connectivity index (χ0) is 24.3. The van der Waals surface area contributed by atoms with Crippen LogP contribution in [0.15, 0.2) is 58.6 Å². The Morgan fingerprint density at radius 2 is 1.82 bits per heavy atom. The maximum atomic E-state index is 13.6. The fourth-order valence-electron chi connectivity index (χ4n) is 3.59. The highest BCUT2D eigenvalue weighted by atomic mass is 32.2. The van der Waals surface area contributed by atoms with Crippen LogP contribution in [0.1, 0.15) is 49.4 Å². The van der Waals surface area contributed by atoms with E-state index in [0.717, 1.165) is 17.7 Å². The average molecular weight is 475 g/mol. The van der Waals surface area contributed by atoms with Gasteiger partial charge in [-0.25, -0.2) is 22.4 Å². The Labute approximate surface area is 192 Å². The number of rotatable bonds is 7. The minimum absolute atomic E-state index is 0.0103. The van der Waals surface area contributed by atoms with Gasteiger partial charge in [-0.3, -0.25) is 0 Å². The zero-order valence-corrected chi connectivity index (χ0v) is 19.8. The molecule has 2 N–H and O–H groups in total. The van der Waals surface area contributed by atoms with Crippen LogP contribution in [0.5, 0.6) is 0 Å². The quantitative estimate of drug-likeness (QED) is 0.468. The van der Waals surface area contributed by atoms with Gasteiger partial charge in [0.2, 0.25) is 0 Å². The second-order valence-corrected chi connectivity index (χ2v) is 10.1. The predicted molar refractivity (Wildman–Crippen MR) is 122 cm³/mol. The fraction of sp³-hybridized carbons (Fsp3) is 0.333. The number of carbonyl (C=O) groups excluding carboxylic acids is 2. The first-order valence-electron chi connectivity index (χ1n) is 10.6. The number of sulfone groups is 1. The van der Waals surface area contributed by atoms with Crippen molar-refractivity contribution in [3.05, 3.63) is 76.2 Å². The van der Waals surface area contributed by atoms with E-state index in [2.05, 4.69) is 10.6 Å². The van der Waals surface area contributed by atoms with E-state index in [1.54, 1.807) is 19.1 Å². The average Bonchev–Trinajstić information content (AvgIpc) is 2.75. The summed E-state index contributed by atoms with van der Waals surface area (Å²) in [5, 5.41) is 5.15. The van der Waals surface area contributed by atoms with Crippen LogP contribution in [-0.4, -0.2) is 32.8 Å². The van der Waals surface area contributed by atoms with E-state index < -0.39 is 39.4 Å². The molecule has 2 aromatic rings. The van der Waals surface area contributed by atoms with Gasteiger partial charge in [-0.1, -0.05) is 38.1 Å². The number of amides is 2.